The molecule has 0 fully saturated rings. The van der Waals surface area contributed by atoms with Gasteiger partial charge in [0.1, 0.15) is 36.5 Å². The summed E-state index contributed by atoms with van der Waals surface area (Å²) in [4.78, 5) is 27.6. The lowest BCUT2D eigenvalue weighted by Gasteiger charge is -2.19. The number of benzene rings is 3. The predicted octanol–water partition coefficient (Wildman–Crippen LogP) is 2.77. The van der Waals surface area contributed by atoms with Crippen LogP contribution in [0.15, 0.2) is 85.1 Å². The number of aromatic nitrogens is 1. The molecule has 0 saturated heterocycles. The number of carbonyl (C=O) groups is 2. The average Bonchev–Trinajstić information content (AvgIpc) is 2.98. The first kappa shape index (κ1) is 28.5. The van der Waals surface area contributed by atoms with E-state index in [1.165, 1.54) is 6.20 Å². The second kappa shape index (κ2) is 14.0. The lowest BCUT2D eigenvalue weighted by atomic mass is 10.1. The summed E-state index contributed by atoms with van der Waals surface area (Å²) in [6.45, 7) is -0.187. The number of rotatable bonds is 14. The number of nitrogens with zero attached hydrogens (tertiary/aromatic N) is 1. The van der Waals surface area contributed by atoms with Crippen molar-refractivity contribution in [2.24, 2.45) is 0 Å². The molecule has 10 nitrogen and oxygen atoms in total. The van der Waals surface area contributed by atoms with E-state index in [9.17, 15) is 19.8 Å². The second-order valence-corrected chi connectivity index (χ2v) is 9.10. The molecule has 1 amide bonds. The molecule has 0 spiro atoms. The van der Waals surface area contributed by atoms with Gasteiger partial charge in [-0.2, -0.15) is 0 Å². The Bertz CT molecular complexity index is 1410. The van der Waals surface area contributed by atoms with Gasteiger partial charge in [0.05, 0.1) is 17.7 Å². The van der Waals surface area contributed by atoms with Gasteiger partial charge in [0.15, 0.2) is 0 Å². The average molecular weight is 546 g/mol. The number of aliphatic carboxylic acids is 1. The Labute approximate surface area is 231 Å². The quantitative estimate of drug-likeness (QED) is 0.161. The summed E-state index contributed by atoms with van der Waals surface area (Å²) in [5.74, 6) is 0.0710. The third-order valence-corrected chi connectivity index (χ3v) is 6.06. The number of carbonyl (C=O) groups excluding carboxylic acids is 1. The number of carboxylic acid groups (broad SMARTS) is 1. The smallest absolute Gasteiger partial charge is 0.322 e. The second-order valence-electron chi connectivity index (χ2n) is 9.10. The van der Waals surface area contributed by atoms with E-state index in [-0.39, 0.29) is 31.4 Å². The third-order valence-electron chi connectivity index (χ3n) is 6.06. The van der Waals surface area contributed by atoms with Gasteiger partial charge in [-0.1, -0.05) is 36.4 Å². The summed E-state index contributed by atoms with van der Waals surface area (Å²) in [5, 5.41) is 35.0. The maximum Gasteiger partial charge on any atom is 0.322 e. The minimum absolute atomic E-state index is 0.101. The summed E-state index contributed by atoms with van der Waals surface area (Å²) in [7, 11) is 0. The summed E-state index contributed by atoms with van der Waals surface area (Å²) in [5.41, 5.74) is 1.61. The summed E-state index contributed by atoms with van der Waals surface area (Å²) in [6.07, 6.45) is 1.33. The van der Waals surface area contributed by atoms with Gasteiger partial charge >= 0.3 is 5.97 Å². The number of amides is 1. The fourth-order valence-corrected chi connectivity index (χ4v) is 4.05. The molecule has 0 radical (unpaired) electrons. The van der Waals surface area contributed by atoms with Gasteiger partial charge in [0.25, 0.3) is 5.91 Å². The van der Waals surface area contributed by atoms with Crippen LogP contribution in [-0.2, 0) is 11.2 Å². The number of nitrogens with one attached hydrogen (secondary N) is 2. The van der Waals surface area contributed by atoms with Crippen molar-refractivity contribution in [2.45, 2.75) is 18.6 Å². The van der Waals surface area contributed by atoms with Crippen molar-refractivity contribution in [3.8, 4) is 17.2 Å². The number of ether oxygens (including phenoxy) is 2. The van der Waals surface area contributed by atoms with E-state index in [0.29, 0.717) is 34.6 Å². The number of hydrogen-bond donors (Lipinski definition) is 5. The fourth-order valence-electron chi connectivity index (χ4n) is 4.05. The van der Waals surface area contributed by atoms with Crippen LogP contribution in [0.5, 0.6) is 17.2 Å². The zero-order valence-corrected chi connectivity index (χ0v) is 21.7. The largest absolute Gasteiger partial charge is 0.491 e. The molecule has 0 aliphatic carbocycles. The van der Waals surface area contributed by atoms with E-state index in [1.54, 1.807) is 24.3 Å². The molecule has 0 bridgehead atoms. The number of fused-ring (bicyclic) bond motifs is 1. The number of carboxylic acids is 1. The molecule has 208 valence electrons. The lowest BCUT2D eigenvalue weighted by Crippen LogP contribution is -2.41. The van der Waals surface area contributed by atoms with Crippen LogP contribution in [0.1, 0.15) is 15.9 Å². The number of aliphatic hydroxyl groups excluding tert-OH is 2. The number of para-hydroxylation sites is 2. The van der Waals surface area contributed by atoms with E-state index in [0.717, 1.165) is 5.56 Å². The Morgan fingerprint density at radius 3 is 2.42 bits per heavy atom. The van der Waals surface area contributed by atoms with Gasteiger partial charge in [0.2, 0.25) is 0 Å². The summed E-state index contributed by atoms with van der Waals surface area (Å²) in [6, 6.07) is 23.1. The van der Waals surface area contributed by atoms with Crippen LogP contribution < -0.4 is 20.1 Å². The lowest BCUT2D eigenvalue weighted by molar-refractivity contribution is -0.135. The van der Waals surface area contributed by atoms with E-state index in [2.05, 4.69) is 15.6 Å². The molecule has 40 heavy (non-hydrogen) atoms. The van der Waals surface area contributed by atoms with Crippen molar-refractivity contribution in [3.05, 3.63) is 96.2 Å². The van der Waals surface area contributed by atoms with E-state index in [4.69, 9.17) is 14.6 Å². The van der Waals surface area contributed by atoms with Crippen molar-refractivity contribution in [3.63, 3.8) is 0 Å². The van der Waals surface area contributed by atoms with Crippen LogP contribution >= 0.6 is 0 Å². The highest BCUT2D eigenvalue weighted by Crippen LogP contribution is 2.30. The maximum absolute atomic E-state index is 12.5. The normalized spacial score (nSPS) is 12.4. The Hall–Kier alpha value is -4.51. The minimum Gasteiger partial charge on any atom is -0.491 e. The van der Waals surface area contributed by atoms with Crippen LogP contribution in [0, 0.1) is 0 Å². The highest BCUT2D eigenvalue weighted by atomic mass is 16.5. The van der Waals surface area contributed by atoms with E-state index >= 15 is 0 Å². The third kappa shape index (κ3) is 8.00. The van der Waals surface area contributed by atoms with Crippen molar-refractivity contribution in [2.75, 3.05) is 26.3 Å². The van der Waals surface area contributed by atoms with E-state index in [1.807, 2.05) is 54.6 Å². The zero-order valence-electron chi connectivity index (χ0n) is 21.7. The van der Waals surface area contributed by atoms with Crippen molar-refractivity contribution in [1.82, 2.24) is 15.6 Å². The Morgan fingerprint density at radius 1 is 0.925 bits per heavy atom. The Morgan fingerprint density at radius 2 is 1.70 bits per heavy atom. The first-order chi connectivity index (χ1) is 19.4. The SMILES string of the molecule is O=C(O)CNC(=O)c1cccc2c(Oc3ccc(C[C@@H](CO)NC[C@H](O)COc4ccccc4)cc3)ccnc12. The Balaban J connectivity index is 1.34. The van der Waals surface area contributed by atoms with Gasteiger partial charge < -0.3 is 35.4 Å². The molecule has 1 aromatic heterocycles. The number of hydrogen-bond acceptors (Lipinski definition) is 8. The summed E-state index contributed by atoms with van der Waals surface area (Å²) < 4.78 is 11.6. The molecule has 0 aliphatic rings. The molecule has 2 atom stereocenters. The molecule has 1 heterocycles. The van der Waals surface area contributed by atoms with Crippen LogP contribution in [0.4, 0.5) is 0 Å². The molecule has 0 aliphatic heterocycles. The molecule has 10 heteroatoms. The van der Waals surface area contributed by atoms with Crippen molar-refractivity contribution >= 4 is 22.8 Å². The molecule has 0 saturated carbocycles. The zero-order chi connectivity index (χ0) is 28.3. The highest BCUT2D eigenvalue weighted by Gasteiger charge is 2.15. The van der Waals surface area contributed by atoms with Crippen LogP contribution in [-0.4, -0.2) is 70.6 Å². The van der Waals surface area contributed by atoms with Crippen LogP contribution in [0.2, 0.25) is 0 Å². The van der Waals surface area contributed by atoms with Gasteiger partial charge in [-0.15, -0.1) is 0 Å². The molecule has 0 unspecified atom stereocenters. The molecule has 5 N–H and O–H groups in total. The number of pyridine rings is 1. The summed E-state index contributed by atoms with van der Waals surface area (Å²) >= 11 is 0. The fraction of sp³-hybridized carbons (Fsp3) is 0.233. The first-order valence-electron chi connectivity index (χ1n) is 12.8. The van der Waals surface area contributed by atoms with Gasteiger partial charge in [-0.3, -0.25) is 14.6 Å². The monoisotopic (exact) mass is 545 g/mol. The van der Waals surface area contributed by atoms with E-state index < -0.39 is 24.5 Å². The van der Waals surface area contributed by atoms with Gasteiger partial charge in [-0.05, 0) is 54.4 Å². The number of aliphatic hydroxyl groups is 2. The molecule has 4 rings (SSSR count). The molecule has 3 aromatic carbocycles. The molecular weight excluding hydrogens is 514 g/mol. The van der Waals surface area contributed by atoms with Crippen LogP contribution in [0.25, 0.3) is 10.9 Å². The Kier molecular flexibility index (Phi) is 10.0. The van der Waals surface area contributed by atoms with Crippen molar-refractivity contribution < 1.29 is 34.4 Å². The van der Waals surface area contributed by atoms with Crippen LogP contribution in [0.3, 0.4) is 0 Å². The molecular formula is C30H31N3O7. The first-order valence-corrected chi connectivity index (χ1v) is 12.8. The maximum atomic E-state index is 12.5. The topological polar surface area (TPSA) is 150 Å². The van der Waals surface area contributed by atoms with Crippen molar-refractivity contribution in [1.29, 1.82) is 0 Å². The molecule has 4 aromatic rings. The predicted molar refractivity (Wildman–Crippen MR) is 149 cm³/mol. The highest BCUT2D eigenvalue weighted by molar-refractivity contribution is 6.07. The standard InChI is InChI=1S/C30H31N3O7/c34-18-21(32-16-22(35)19-39-23-5-2-1-3-6-23)15-20-9-11-24(12-10-20)40-27-13-14-31-29-25(27)7-4-8-26(29)30(38)33-17-28(36)37/h1-14,21-22,32,34-35H,15-19H2,(H,33,38)(H,36,37)/t21-,22-/m0/s1. The van der Waals surface area contributed by atoms with Gasteiger partial charge in [-0.25, -0.2) is 0 Å². The minimum atomic E-state index is -1.14. The van der Waals surface area contributed by atoms with Gasteiger partial charge in [0, 0.05) is 24.2 Å².